The minimum absolute atomic E-state index is 0.0707. The number of hydrogen-bond acceptors (Lipinski definition) is 4. The molecule has 1 aliphatic carbocycles. The molecule has 2 amide bonds. The Kier molecular flexibility index (Phi) is 10.1. The summed E-state index contributed by atoms with van der Waals surface area (Å²) >= 11 is 6.13. The van der Waals surface area contributed by atoms with Gasteiger partial charge < -0.3 is 10.2 Å². The highest BCUT2D eigenvalue weighted by atomic mass is 35.5. The Morgan fingerprint density at radius 2 is 1.61 bits per heavy atom. The molecule has 0 aromatic heterocycles. The molecule has 9 heteroatoms. The lowest BCUT2D eigenvalue weighted by Crippen LogP contribution is -2.54. The molecule has 1 aliphatic rings. The monoisotopic (exact) mass is 595 g/mol. The van der Waals surface area contributed by atoms with Gasteiger partial charge in [-0.1, -0.05) is 84.6 Å². The van der Waals surface area contributed by atoms with Crippen LogP contribution >= 0.6 is 11.6 Å². The highest BCUT2D eigenvalue weighted by molar-refractivity contribution is 7.92. The van der Waals surface area contributed by atoms with E-state index in [1.165, 1.54) is 4.90 Å². The quantitative estimate of drug-likeness (QED) is 0.321. The lowest BCUT2D eigenvalue weighted by molar-refractivity contribution is -0.140. The molecule has 1 saturated carbocycles. The Hall–Kier alpha value is -3.36. The van der Waals surface area contributed by atoms with E-state index in [-0.39, 0.29) is 18.5 Å². The summed E-state index contributed by atoms with van der Waals surface area (Å²) in [5.74, 6) is -0.692. The van der Waals surface area contributed by atoms with Crippen LogP contribution in [0.4, 0.5) is 5.69 Å². The molecule has 1 unspecified atom stereocenters. The Morgan fingerprint density at radius 1 is 0.951 bits per heavy atom. The van der Waals surface area contributed by atoms with Crippen LogP contribution in [0.1, 0.15) is 47.9 Å². The molecular weight excluding hydrogens is 558 g/mol. The maximum Gasteiger partial charge on any atom is 0.244 e. The number of aryl methyl sites for hydroxylation is 2. The summed E-state index contributed by atoms with van der Waals surface area (Å²) in [7, 11) is -3.84. The van der Waals surface area contributed by atoms with Gasteiger partial charge in [-0.15, -0.1) is 0 Å². The predicted octanol–water partition coefficient (Wildman–Crippen LogP) is 5.42. The van der Waals surface area contributed by atoms with Crippen molar-refractivity contribution in [2.24, 2.45) is 0 Å². The summed E-state index contributed by atoms with van der Waals surface area (Å²) in [6.45, 7) is 3.45. The van der Waals surface area contributed by atoms with E-state index in [0.717, 1.165) is 52.9 Å². The SMILES string of the molecule is Cc1ccc(CN(C(=O)CN(c2ccc(Cl)cc2C)S(C)(=O)=O)C(Cc2ccccc2)C(=O)NC2CCCC2)cc1. The lowest BCUT2D eigenvalue weighted by Gasteiger charge is -2.34. The summed E-state index contributed by atoms with van der Waals surface area (Å²) < 4.78 is 27.1. The third-order valence-corrected chi connectivity index (χ3v) is 8.91. The minimum atomic E-state index is -3.84. The van der Waals surface area contributed by atoms with Gasteiger partial charge in [0.15, 0.2) is 0 Å². The number of amides is 2. The second kappa shape index (κ2) is 13.5. The van der Waals surface area contributed by atoms with Crippen molar-refractivity contribution in [2.75, 3.05) is 17.1 Å². The molecule has 218 valence electrons. The molecule has 1 fully saturated rings. The number of nitrogens with zero attached hydrogens (tertiary/aromatic N) is 2. The van der Waals surface area contributed by atoms with E-state index in [4.69, 9.17) is 11.6 Å². The summed E-state index contributed by atoms with van der Waals surface area (Å²) in [5.41, 5.74) is 3.84. The van der Waals surface area contributed by atoms with Crippen molar-refractivity contribution in [3.63, 3.8) is 0 Å². The maximum absolute atomic E-state index is 14.2. The highest BCUT2D eigenvalue weighted by Gasteiger charge is 2.34. The number of sulfonamides is 1. The Labute approximate surface area is 248 Å². The lowest BCUT2D eigenvalue weighted by atomic mass is 10.0. The highest BCUT2D eigenvalue weighted by Crippen LogP contribution is 2.27. The third kappa shape index (κ3) is 8.33. The molecule has 7 nitrogen and oxygen atoms in total. The molecule has 3 aromatic rings. The second-order valence-corrected chi connectivity index (χ2v) is 13.2. The largest absolute Gasteiger partial charge is 0.352 e. The van der Waals surface area contributed by atoms with Gasteiger partial charge in [-0.25, -0.2) is 8.42 Å². The first-order valence-corrected chi connectivity index (χ1v) is 16.2. The van der Waals surface area contributed by atoms with E-state index in [9.17, 15) is 18.0 Å². The van der Waals surface area contributed by atoms with Gasteiger partial charge in [0.05, 0.1) is 11.9 Å². The fraction of sp³-hybridized carbons (Fsp3) is 0.375. The van der Waals surface area contributed by atoms with Gasteiger partial charge in [0.2, 0.25) is 21.8 Å². The van der Waals surface area contributed by atoms with Crippen molar-refractivity contribution in [3.05, 3.63) is 100 Å². The molecule has 1 N–H and O–H groups in total. The van der Waals surface area contributed by atoms with Crippen LogP contribution in [0.5, 0.6) is 0 Å². The van der Waals surface area contributed by atoms with E-state index in [1.807, 2.05) is 61.5 Å². The normalized spacial score (nSPS) is 14.4. The van der Waals surface area contributed by atoms with Crippen LogP contribution in [0, 0.1) is 13.8 Å². The first-order chi connectivity index (χ1) is 19.5. The van der Waals surface area contributed by atoms with Gasteiger partial charge in [-0.2, -0.15) is 0 Å². The van der Waals surface area contributed by atoms with Crippen molar-refractivity contribution in [1.82, 2.24) is 10.2 Å². The zero-order chi connectivity index (χ0) is 29.6. The fourth-order valence-electron chi connectivity index (χ4n) is 5.31. The van der Waals surface area contributed by atoms with Gasteiger partial charge >= 0.3 is 0 Å². The van der Waals surface area contributed by atoms with Gasteiger partial charge in [0.25, 0.3) is 0 Å². The Morgan fingerprint density at radius 3 is 2.22 bits per heavy atom. The number of benzene rings is 3. The number of carbonyl (C=O) groups excluding carboxylic acids is 2. The van der Waals surface area contributed by atoms with Crippen molar-refractivity contribution < 1.29 is 18.0 Å². The maximum atomic E-state index is 14.2. The van der Waals surface area contributed by atoms with E-state index in [0.29, 0.717) is 22.7 Å². The molecule has 4 rings (SSSR count). The van der Waals surface area contributed by atoms with Crippen molar-refractivity contribution >= 4 is 39.1 Å². The van der Waals surface area contributed by atoms with Crippen LogP contribution in [-0.4, -0.2) is 50.0 Å². The molecule has 0 spiro atoms. The second-order valence-electron chi connectivity index (χ2n) is 10.9. The summed E-state index contributed by atoms with van der Waals surface area (Å²) in [5, 5.41) is 3.65. The van der Waals surface area contributed by atoms with Crippen molar-refractivity contribution in [2.45, 2.75) is 64.6 Å². The van der Waals surface area contributed by atoms with E-state index in [1.54, 1.807) is 25.1 Å². The number of rotatable bonds is 11. The average Bonchev–Trinajstić information content (AvgIpc) is 3.43. The van der Waals surface area contributed by atoms with Crippen molar-refractivity contribution in [3.8, 4) is 0 Å². The third-order valence-electron chi connectivity index (χ3n) is 7.55. The smallest absolute Gasteiger partial charge is 0.244 e. The number of nitrogens with one attached hydrogen (secondary N) is 1. The van der Waals surface area contributed by atoms with Gasteiger partial charge in [0, 0.05) is 24.0 Å². The van der Waals surface area contributed by atoms with E-state index >= 15 is 0 Å². The first-order valence-electron chi connectivity index (χ1n) is 13.9. The predicted molar refractivity (Wildman–Crippen MR) is 164 cm³/mol. The Bertz CT molecular complexity index is 1460. The van der Waals surface area contributed by atoms with Crippen LogP contribution in [-0.2, 0) is 32.6 Å². The molecule has 0 bridgehead atoms. The molecule has 41 heavy (non-hydrogen) atoms. The zero-order valence-electron chi connectivity index (χ0n) is 23.8. The number of hydrogen-bond donors (Lipinski definition) is 1. The van der Waals surface area contributed by atoms with Gasteiger partial charge in [-0.3, -0.25) is 13.9 Å². The van der Waals surface area contributed by atoms with Crippen LogP contribution in [0.3, 0.4) is 0 Å². The Balaban J connectivity index is 1.73. The topological polar surface area (TPSA) is 86.8 Å². The van der Waals surface area contributed by atoms with E-state index in [2.05, 4.69) is 5.32 Å². The molecule has 0 aliphatic heterocycles. The zero-order valence-corrected chi connectivity index (χ0v) is 25.4. The van der Waals surface area contributed by atoms with Gasteiger partial charge in [-0.05, 0) is 61.6 Å². The molecule has 3 aromatic carbocycles. The van der Waals surface area contributed by atoms with Crippen LogP contribution < -0.4 is 9.62 Å². The number of anilines is 1. The van der Waals surface area contributed by atoms with Crippen molar-refractivity contribution in [1.29, 1.82) is 0 Å². The number of carbonyl (C=O) groups is 2. The van der Waals surface area contributed by atoms with Crippen LogP contribution in [0.25, 0.3) is 0 Å². The molecule has 0 radical (unpaired) electrons. The first kappa shape index (κ1) is 30.6. The molecule has 0 heterocycles. The number of halogens is 1. The van der Waals surface area contributed by atoms with Crippen LogP contribution in [0.15, 0.2) is 72.8 Å². The minimum Gasteiger partial charge on any atom is -0.352 e. The summed E-state index contributed by atoms with van der Waals surface area (Å²) in [4.78, 5) is 29.6. The summed E-state index contributed by atoms with van der Waals surface area (Å²) in [6, 6.07) is 21.5. The van der Waals surface area contributed by atoms with Gasteiger partial charge in [0.1, 0.15) is 12.6 Å². The van der Waals surface area contributed by atoms with E-state index < -0.39 is 28.5 Å². The molecule has 0 saturated heterocycles. The average molecular weight is 596 g/mol. The van der Waals surface area contributed by atoms with Crippen LogP contribution in [0.2, 0.25) is 5.02 Å². The molecular formula is C32H38ClN3O4S. The summed E-state index contributed by atoms with van der Waals surface area (Å²) in [6.07, 6.45) is 5.32. The standard InChI is InChI=1S/C32H38ClN3O4S/c1-23-13-15-26(16-14-23)21-35(31(37)22-36(41(3,39)40)29-18-17-27(33)19-24(29)2)30(20-25-9-5-4-6-10-25)32(38)34-28-11-7-8-12-28/h4-6,9-10,13-19,28,30H,7-8,11-12,20-22H2,1-3H3,(H,34,38). The molecule has 1 atom stereocenters. The fourth-order valence-corrected chi connectivity index (χ4v) is 6.44.